The summed E-state index contributed by atoms with van der Waals surface area (Å²) in [6, 6.07) is 10.0. The number of carbonyl (C=O) groups excluding carboxylic acids is 1. The Labute approximate surface area is 101 Å². The third-order valence-electron chi connectivity index (χ3n) is 2.55. The number of amides is 1. The van der Waals surface area contributed by atoms with Gasteiger partial charge in [-0.05, 0) is 5.56 Å². The molecule has 0 N–H and O–H groups in total. The van der Waals surface area contributed by atoms with Gasteiger partial charge in [0.25, 0.3) is 0 Å². The first-order valence-electron chi connectivity index (χ1n) is 5.32. The molecule has 1 aliphatic heterocycles. The number of hydrogen-bond acceptors (Lipinski definition) is 2. The van der Waals surface area contributed by atoms with Gasteiger partial charge in [0, 0.05) is 19.4 Å². The highest BCUT2D eigenvalue weighted by atomic mass is 32.1. The summed E-state index contributed by atoms with van der Waals surface area (Å²) >= 11 is 5.12. The van der Waals surface area contributed by atoms with Crippen molar-refractivity contribution in [1.29, 1.82) is 0 Å². The van der Waals surface area contributed by atoms with E-state index in [0.717, 1.165) is 17.0 Å². The van der Waals surface area contributed by atoms with Gasteiger partial charge in [-0.15, -0.1) is 0 Å². The van der Waals surface area contributed by atoms with E-state index in [4.69, 9.17) is 12.2 Å². The highest BCUT2D eigenvalue weighted by molar-refractivity contribution is 7.80. The fourth-order valence-electron chi connectivity index (χ4n) is 1.68. The summed E-state index contributed by atoms with van der Waals surface area (Å²) < 4.78 is 0. The van der Waals surface area contributed by atoms with Gasteiger partial charge in [0.1, 0.15) is 0 Å². The maximum absolute atomic E-state index is 11.4. The largest absolute Gasteiger partial charge is 0.303 e. The molecule has 82 valence electrons. The minimum absolute atomic E-state index is 0.141. The predicted octanol–water partition coefficient (Wildman–Crippen LogP) is 2.65. The van der Waals surface area contributed by atoms with Gasteiger partial charge in [-0.25, -0.2) is 0 Å². The zero-order valence-electron chi connectivity index (χ0n) is 8.93. The van der Waals surface area contributed by atoms with Crippen molar-refractivity contribution in [2.45, 2.75) is 12.8 Å². The van der Waals surface area contributed by atoms with Gasteiger partial charge in [-0.3, -0.25) is 4.79 Å². The van der Waals surface area contributed by atoms with Crippen LogP contribution in [0.25, 0.3) is 6.08 Å². The van der Waals surface area contributed by atoms with Crippen LogP contribution in [-0.4, -0.2) is 22.3 Å². The minimum atomic E-state index is 0.141. The summed E-state index contributed by atoms with van der Waals surface area (Å²) in [4.78, 5) is 13.9. The fraction of sp³-hybridized carbons (Fsp3) is 0.231. The number of likely N-dealkylation sites (tertiary alicyclic amines) is 1. The number of benzene rings is 1. The standard InChI is InChI=1S/C13H13NOS/c15-12-8-9-13(16)14(12)10-4-7-11-5-2-1-3-6-11/h1-7H,8-10H2/b7-4+. The molecular formula is C13H13NOS. The predicted molar refractivity (Wildman–Crippen MR) is 69.0 cm³/mol. The Morgan fingerprint density at radius 3 is 2.62 bits per heavy atom. The lowest BCUT2D eigenvalue weighted by Crippen LogP contribution is -2.27. The lowest BCUT2D eigenvalue weighted by molar-refractivity contribution is -0.125. The summed E-state index contributed by atoms with van der Waals surface area (Å²) in [6.45, 7) is 0.590. The Hall–Kier alpha value is -1.48. The van der Waals surface area contributed by atoms with E-state index in [1.807, 2.05) is 42.5 Å². The van der Waals surface area contributed by atoms with Gasteiger partial charge in [0.15, 0.2) is 0 Å². The van der Waals surface area contributed by atoms with E-state index in [1.165, 1.54) is 0 Å². The maximum atomic E-state index is 11.4. The molecule has 1 aromatic rings. The van der Waals surface area contributed by atoms with Crippen LogP contribution in [0.1, 0.15) is 18.4 Å². The molecule has 2 rings (SSSR count). The lowest BCUT2D eigenvalue weighted by atomic mass is 10.2. The molecule has 2 nitrogen and oxygen atoms in total. The molecular weight excluding hydrogens is 218 g/mol. The fourth-order valence-corrected chi connectivity index (χ4v) is 1.96. The Bertz CT molecular complexity index is 409. The smallest absolute Gasteiger partial charge is 0.228 e. The molecule has 0 aliphatic carbocycles. The third-order valence-corrected chi connectivity index (χ3v) is 2.98. The second-order valence-corrected chi connectivity index (χ2v) is 4.18. The molecule has 1 amide bonds. The van der Waals surface area contributed by atoms with Crippen molar-refractivity contribution >= 4 is 29.2 Å². The first-order valence-corrected chi connectivity index (χ1v) is 5.73. The van der Waals surface area contributed by atoms with Crippen molar-refractivity contribution < 1.29 is 4.79 Å². The molecule has 0 unspecified atom stereocenters. The Morgan fingerprint density at radius 1 is 1.25 bits per heavy atom. The van der Waals surface area contributed by atoms with Crippen molar-refractivity contribution in [2.24, 2.45) is 0 Å². The Balaban J connectivity index is 1.95. The number of carbonyl (C=O) groups is 1. The molecule has 1 aliphatic rings. The topological polar surface area (TPSA) is 20.3 Å². The van der Waals surface area contributed by atoms with Gasteiger partial charge < -0.3 is 4.90 Å². The van der Waals surface area contributed by atoms with E-state index in [1.54, 1.807) is 4.90 Å². The van der Waals surface area contributed by atoms with Crippen molar-refractivity contribution in [2.75, 3.05) is 6.54 Å². The van der Waals surface area contributed by atoms with Crippen LogP contribution in [0.2, 0.25) is 0 Å². The molecule has 0 bridgehead atoms. The molecule has 1 heterocycles. The number of rotatable bonds is 3. The van der Waals surface area contributed by atoms with Gasteiger partial charge in [-0.1, -0.05) is 54.7 Å². The van der Waals surface area contributed by atoms with Gasteiger partial charge in [0.2, 0.25) is 5.91 Å². The second kappa shape index (κ2) is 5.03. The van der Waals surface area contributed by atoms with E-state index < -0.39 is 0 Å². The van der Waals surface area contributed by atoms with Crippen LogP contribution in [0.3, 0.4) is 0 Å². The summed E-state index contributed by atoms with van der Waals surface area (Å²) in [5.74, 6) is 0.141. The van der Waals surface area contributed by atoms with E-state index in [9.17, 15) is 4.79 Å². The van der Waals surface area contributed by atoms with Gasteiger partial charge in [0.05, 0.1) is 4.99 Å². The first kappa shape index (κ1) is 11.0. The molecule has 0 atom stereocenters. The second-order valence-electron chi connectivity index (χ2n) is 3.71. The Morgan fingerprint density at radius 2 is 2.00 bits per heavy atom. The maximum Gasteiger partial charge on any atom is 0.228 e. The minimum Gasteiger partial charge on any atom is -0.303 e. The van der Waals surface area contributed by atoms with E-state index in [-0.39, 0.29) is 5.91 Å². The van der Waals surface area contributed by atoms with Crippen LogP contribution < -0.4 is 0 Å². The molecule has 1 saturated heterocycles. The summed E-state index contributed by atoms with van der Waals surface area (Å²) in [5.41, 5.74) is 1.14. The average Bonchev–Trinajstić information content (AvgIpc) is 2.62. The lowest BCUT2D eigenvalue weighted by Gasteiger charge is -2.12. The van der Waals surface area contributed by atoms with E-state index >= 15 is 0 Å². The summed E-state index contributed by atoms with van der Waals surface area (Å²) in [5, 5.41) is 0. The average molecular weight is 231 g/mol. The molecule has 0 saturated carbocycles. The van der Waals surface area contributed by atoms with Crippen LogP contribution in [0.5, 0.6) is 0 Å². The first-order chi connectivity index (χ1) is 7.77. The highest BCUT2D eigenvalue weighted by Gasteiger charge is 2.23. The van der Waals surface area contributed by atoms with Crippen molar-refractivity contribution in [3.8, 4) is 0 Å². The monoisotopic (exact) mass is 231 g/mol. The zero-order chi connectivity index (χ0) is 11.4. The quantitative estimate of drug-likeness (QED) is 0.745. The SMILES string of the molecule is O=C1CCC(=S)N1C/C=C/c1ccccc1. The van der Waals surface area contributed by atoms with Gasteiger partial charge in [-0.2, -0.15) is 0 Å². The number of thiocarbonyl (C=S) groups is 1. The van der Waals surface area contributed by atoms with Crippen molar-refractivity contribution in [3.05, 3.63) is 42.0 Å². The van der Waals surface area contributed by atoms with Crippen LogP contribution in [-0.2, 0) is 4.79 Å². The number of nitrogens with zero attached hydrogens (tertiary/aromatic N) is 1. The molecule has 0 aromatic heterocycles. The number of hydrogen-bond donors (Lipinski definition) is 0. The van der Waals surface area contributed by atoms with E-state index in [0.29, 0.717) is 13.0 Å². The van der Waals surface area contributed by atoms with Gasteiger partial charge >= 0.3 is 0 Å². The molecule has 0 radical (unpaired) electrons. The van der Waals surface area contributed by atoms with Crippen LogP contribution >= 0.6 is 12.2 Å². The van der Waals surface area contributed by atoms with Crippen molar-refractivity contribution in [3.63, 3.8) is 0 Å². The highest BCUT2D eigenvalue weighted by Crippen LogP contribution is 2.13. The normalized spacial score (nSPS) is 16.4. The Kier molecular flexibility index (Phi) is 3.47. The molecule has 3 heteroatoms. The third kappa shape index (κ3) is 2.55. The van der Waals surface area contributed by atoms with Crippen LogP contribution in [0.15, 0.2) is 36.4 Å². The summed E-state index contributed by atoms with van der Waals surface area (Å²) in [6.07, 6.45) is 5.28. The zero-order valence-corrected chi connectivity index (χ0v) is 9.74. The summed E-state index contributed by atoms with van der Waals surface area (Å²) in [7, 11) is 0. The van der Waals surface area contributed by atoms with Crippen LogP contribution in [0, 0.1) is 0 Å². The molecule has 1 fully saturated rings. The van der Waals surface area contributed by atoms with Crippen LogP contribution in [0.4, 0.5) is 0 Å². The molecule has 16 heavy (non-hydrogen) atoms. The van der Waals surface area contributed by atoms with E-state index in [2.05, 4.69) is 0 Å². The molecule has 0 spiro atoms. The molecule has 1 aromatic carbocycles. The van der Waals surface area contributed by atoms with Crippen molar-refractivity contribution in [1.82, 2.24) is 4.90 Å².